The number of anilines is 1. The number of carbonyl (C=O) groups excluding carboxylic acids is 2. The van der Waals surface area contributed by atoms with Gasteiger partial charge in [-0.15, -0.1) is 0 Å². The minimum absolute atomic E-state index is 0.293. The molecule has 5 heteroatoms. The van der Waals surface area contributed by atoms with Gasteiger partial charge in [0.05, 0.1) is 11.6 Å². The fourth-order valence-corrected chi connectivity index (χ4v) is 1.42. The lowest BCUT2D eigenvalue weighted by Gasteiger charge is -2.13. The van der Waals surface area contributed by atoms with Gasteiger partial charge < -0.3 is 10.1 Å². The molecule has 5 nitrogen and oxygen atoms in total. The summed E-state index contributed by atoms with van der Waals surface area (Å²) in [5.41, 5.74) is 0.955. The molecule has 0 aliphatic rings. The van der Waals surface area contributed by atoms with Crippen LogP contribution in [0.5, 0.6) is 0 Å². The van der Waals surface area contributed by atoms with E-state index in [4.69, 9.17) is 10.00 Å². The number of nitrogens with one attached hydrogen (secondary N) is 1. The Balaban J connectivity index is 2.59. The Labute approximate surface area is 112 Å². The number of amides is 1. The first kappa shape index (κ1) is 14.7. The number of rotatable bonds is 5. The van der Waals surface area contributed by atoms with Crippen molar-refractivity contribution in [3.05, 3.63) is 29.8 Å². The Morgan fingerprint density at radius 2 is 2.21 bits per heavy atom. The van der Waals surface area contributed by atoms with Crippen LogP contribution in [0.25, 0.3) is 0 Å². The highest BCUT2D eigenvalue weighted by Gasteiger charge is 2.17. The second-order valence-corrected chi connectivity index (χ2v) is 4.06. The van der Waals surface area contributed by atoms with Gasteiger partial charge in [-0.3, -0.25) is 9.59 Å². The van der Waals surface area contributed by atoms with Crippen molar-refractivity contribution < 1.29 is 14.3 Å². The molecule has 19 heavy (non-hydrogen) atoms. The van der Waals surface area contributed by atoms with Crippen molar-refractivity contribution in [3.63, 3.8) is 0 Å². The van der Waals surface area contributed by atoms with Crippen molar-refractivity contribution in [2.24, 2.45) is 0 Å². The van der Waals surface area contributed by atoms with Gasteiger partial charge in [0.15, 0.2) is 6.10 Å². The monoisotopic (exact) mass is 260 g/mol. The first-order chi connectivity index (χ1) is 9.06. The smallest absolute Gasteiger partial charge is 0.306 e. The summed E-state index contributed by atoms with van der Waals surface area (Å²) in [5, 5.41) is 11.3. The molecule has 1 atom stereocenters. The number of hydrogen-bond donors (Lipinski definition) is 1. The third kappa shape index (κ3) is 4.80. The Kier molecular flexibility index (Phi) is 5.55. The molecule has 0 aliphatic heterocycles. The van der Waals surface area contributed by atoms with Crippen molar-refractivity contribution in [2.75, 3.05) is 5.32 Å². The predicted molar refractivity (Wildman–Crippen MR) is 70.2 cm³/mol. The molecule has 0 radical (unpaired) electrons. The van der Waals surface area contributed by atoms with E-state index in [9.17, 15) is 9.59 Å². The summed E-state index contributed by atoms with van der Waals surface area (Å²) < 4.78 is 4.97. The Bertz CT molecular complexity index is 506. The zero-order valence-electron chi connectivity index (χ0n) is 11.0. The van der Waals surface area contributed by atoms with E-state index in [2.05, 4.69) is 5.32 Å². The van der Waals surface area contributed by atoms with E-state index >= 15 is 0 Å². The lowest BCUT2D eigenvalue weighted by molar-refractivity contribution is -0.153. The second-order valence-electron chi connectivity index (χ2n) is 4.06. The third-order valence-electron chi connectivity index (χ3n) is 2.39. The molecule has 0 spiro atoms. The van der Waals surface area contributed by atoms with Crippen molar-refractivity contribution in [1.29, 1.82) is 5.26 Å². The van der Waals surface area contributed by atoms with Crippen LogP contribution in [0.2, 0.25) is 0 Å². The summed E-state index contributed by atoms with van der Waals surface area (Å²) in [6.45, 7) is 3.37. The molecule has 0 aliphatic carbocycles. The number of esters is 1. The number of benzene rings is 1. The maximum Gasteiger partial charge on any atom is 0.306 e. The van der Waals surface area contributed by atoms with Crippen molar-refractivity contribution in [3.8, 4) is 6.07 Å². The van der Waals surface area contributed by atoms with Gasteiger partial charge in [0.2, 0.25) is 0 Å². The number of hydrogen-bond acceptors (Lipinski definition) is 4. The van der Waals surface area contributed by atoms with E-state index < -0.39 is 18.0 Å². The molecule has 1 aromatic rings. The normalized spacial score (nSPS) is 11.2. The molecular formula is C14H16N2O3. The number of nitriles is 1. The van der Waals surface area contributed by atoms with Crippen molar-refractivity contribution in [1.82, 2.24) is 0 Å². The fourth-order valence-electron chi connectivity index (χ4n) is 1.42. The summed E-state index contributed by atoms with van der Waals surface area (Å²) in [6, 6.07) is 8.51. The van der Waals surface area contributed by atoms with Crippen LogP contribution in [0.1, 0.15) is 32.3 Å². The van der Waals surface area contributed by atoms with E-state index in [1.54, 1.807) is 24.3 Å². The second kappa shape index (κ2) is 7.17. The Morgan fingerprint density at radius 1 is 1.47 bits per heavy atom. The lowest BCUT2D eigenvalue weighted by atomic mass is 10.2. The van der Waals surface area contributed by atoms with Crippen molar-refractivity contribution >= 4 is 17.6 Å². The standard InChI is InChI=1S/C14H16N2O3/c1-3-5-13(17)19-10(2)14(18)16-12-7-4-6-11(8-12)9-15/h4,6-8,10H,3,5H2,1-2H3,(H,16,18)/t10-/m1/s1. The Morgan fingerprint density at radius 3 is 2.84 bits per heavy atom. The van der Waals surface area contributed by atoms with Crippen LogP contribution in [0, 0.1) is 11.3 Å². The zero-order chi connectivity index (χ0) is 14.3. The molecule has 0 heterocycles. The molecule has 1 rings (SSSR count). The molecule has 0 bridgehead atoms. The number of carbonyl (C=O) groups is 2. The van der Waals surface area contributed by atoms with Gasteiger partial charge in [-0.25, -0.2) is 0 Å². The van der Waals surface area contributed by atoms with Crippen LogP contribution in [0.15, 0.2) is 24.3 Å². The van der Waals surface area contributed by atoms with Gasteiger partial charge in [0.1, 0.15) is 0 Å². The average molecular weight is 260 g/mol. The summed E-state index contributed by atoms with van der Waals surface area (Å²) in [7, 11) is 0. The van der Waals surface area contributed by atoms with Crippen LogP contribution >= 0.6 is 0 Å². The molecular weight excluding hydrogens is 244 g/mol. The van der Waals surface area contributed by atoms with Gasteiger partial charge in [0.25, 0.3) is 5.91 Å². The van der Waals surface area contributed by atoms with Gasteiger partial charge in [-0.05, 0) is 31.5 Å². The van der Waals surface area contributed by atoms with Crippen LogP contribution < -0.4 is 5.32 Å². The fraction of sp³-hybridized carbons (Fsp3) is 0.357. The predicted octanol–water partition coefficient (Wildman–Crippen LogP) is 2.23. The maximum absolute atomic E-state index is 11.8. The molecule has 1 N–H and O–H groups in total. The topological polar surface area (TPSA) is 79.2 Å². The molecule has 100 valence electrons. The summed E-state index contributed by atoms with van der Waals surface area (Å²) >= 11 is 0. The quantitative estimate of drug-likeness (QED) is 0.823. The van der Waals surface area contributed by atoms with Crippen LogP contribution in [-0.4, -0.2) is 18.0 Å². The minimum Gasteiger partial charge on any atom is -0.453 e. The highest BCUT2D eigenvalue weighted by molar-refractivity contribution is 5.95. The van der Waals surface area contributed by atoms with Crippen LogP contribution in [-0.2, 0) is 14.3 Å². The lowest BCUT2D eigenvalue weighted by Crippen LogP contribution is -2.29. The van der Waals surface area contributed by atoms with Gasteiger partial charge >= 0.3 is 5.97 Å². The maximum atomic E-state index is 11.8. The highest BCUT2D eigenvalue weighted by atomic mass is 16.5. The molecule has 0 aromatic heterocycles. The number of ether oxygens (including phenoxy) is 1. The molecule has 0 fully saturated rings. The third-order valence-corrected chi connectivity index (χ3v) is 2.39. The molecule has 0 unspecified atom stereocenters. The van der Waals surface area contributed by atoms with E-state index in [0.29, 0.717) is 24.1 Å². The van der Waals surface area contributed by atoms with E-state index in [0.717, 1.165) is 0 Å². The van der Waals surface area contributed by atoms with Gasteiger partial charge in [-0.1, -0.05) is 13.0 Å². The largest absolute Gasteiger partial charge is 0.453 e. The molecule has 1 aromatic carbocycles. The van der Waals surface area contributed by atoms with E-state index in [1.807, 2.05) is 13.0 Å². The SMILES string of the molecule is CCCC(=O)O[C@H](C)C(=O)Nc1cccc(C#N)c1. The first-order valence-electron chi connectivity index (χ1n) is 6.07. The highest BCUT2D eigenvalue weighted by Crippen LogP contribution is 2.10. The van der Waals surface area contributed by atoms with Crippen LogP contribution in [0.3, 0.4) is 0 Å². The van der Waals surface area contributed by atoms with Gasteiger partial charge in [0, 0.05) is 12.1 Å². The summed E-state index contributed by atoms with van der Waals surface area (Å²) in [6.07, 6.45) is 0.114. The zero-order valence-corrected chi connectivity index (χ0v) is 11.0. The van der Waals surface area contributed by atoms with E-state index in [-0.39, 0.29) is 0 Å². The summed E-state index contributed by atoms with van der Waals surface area (Å²) in [5.74, 6) is -0.810. The molecule has 0 saturated heterocycles. The first-order valence-corrected chi connectivity index (χ1v) is 6.07. The minimum atomic E-state index is -0.857. The average Bonchev–Trinajstić information content (AvgIpc) is 2.39. The molecule has 1 amide bonds. The molecule has 0 saturated carbocycles. The van der Waals surface area contributed by atoms with Crippen LogP contribution in [0.4, 0.5) is 5.69 Å². The van der Waals surface area contributed by atoms with Gasteiger partial charge in [-0.2, -0.15) is 5.26 Å². The summed E-state index contributed by atoms with van der Waals surface area (Å²) in [4.78, 5) is 23.0. The number of nitrogens with zero attached hydrogens (tertiary/aromatic N) is 1. The Hall–Kier alpha value is -2.35. The van der Waals surface area contributed by atoms with Crippen molar-refractivity contribution in [2.45, 2.75) is 32.8 Å². The van der Waals surface area contributed by atoms with E-state index in [1.165, 1.54) is 6.92 Å².